The summed E-state index contributed by atoms with van der Waals surface area (Å²) in [5, 5.41) is 3.28. The van der Waals surface area contributed by atoms with E-state index in [0.29, 0.717) is 0 Å². The van der Waals surface area contributed by atoms with Crippen LogP contribution < -0.4 is 5.32 Å². The summed E-state index contributed by atoms with van der Waals surface area (Å²) in [7, 11) is 0. The Kier molecular flexibility index (Phi) is 2.22. The van der Waals surface area contributed by atoms with Crippen molar-refractivity contribution in [3.8, 4) is 11.3 Å². The van der Waals surface area contributed by atoms with Crippen molar-refractivity contribution in [1.29, 1.82) is 0 Å². The number of nitrogens with one attached hydrogen (secondary N) is 1. The standard InChI is InChI=1S/C13H12N2O/c1-2-5-11(13-14-7-8-15-13)10(4-1)12-6-3-9-16-12/h1-6,9H,7-8H2,(H,14,15). The lowest BCUT2D eigenvalue weighted by atomic mass is 10.0. The van der Waals surface area contributed by atoms with E-state index in [1.165, 1.54) is 0 Å². The van der Waals surface area contributed by atoms with Crippen LogP contribution in [0.3, 0.4) is 0 Å². The molecule has 0 fully saturated rings. The minimum Gasteiger partial charge on any atom is -0.464 e. The highest BCUT2D eigenvalue weighted by molar-refractivity contribution is 6.04. The van der Waals surface area contributed by atoms with Crippen molar-refractivity contribution in [2.45, 2.75) is 0 Å². The van der Waals surface area contributed by atoms with Crippen molar-refractivity contribution in [2.75, 3.05) is 13.1 Å². The zero-order valence-electron chi connectivity index (χ0n) is 8.81. The Balaban J connectivity index is 2.11. The molecule has 16 heavy (non-hydrogen) atoms. The molecule has 0 spiro atoms. The SMILES string of the molecule is c1coc(-c2ccccc2C2=NCCN2)c1. The summed E-state index contributed by atoms with van der Waals surface area (Å²) in [4.78, 5) is 4.44. The number of benzene rings is 1. The summed E-state index contributed by atoms with van der Waals surface area (Å²) in [5.74, 6) is 1.85. The molecule has 1 aromatic carbocycles. The Morgan fingerprint density at radius 1 is 1.06 bits per heavy atom. The van der Waals surface area contributed by atoms with Gasteiger partial charge in [-0.25, -0.2) is 0 Å². The number of hydrogen-bond acceptors (Lipinski definition) is 3. The Bertz CT molecular complexity index is 514. The number of hydrogen-bond donors (Lipinski definition) is 1. The maximum absolute atomic E-state index is 5.44. The van der Waals surface area contributed by atoms with Crippen LogP contribution in [0.1, 0.15) is 5.56 Å². The minimum atomic E-state index is 0.849. The second kappa shape index (κ2) is 3.85. The zero-order valence-corrected chi connectivity index (χ0v) is 8.81. The van der Waals surface area contributed by atoms with E-state index in [2.05, 4.69) is 22.4 Å². The largest absolute Gasteiger partial charge is 0.464 e. The van der Waals surface area contributed by atoms with Crippen molar-refractivity contribution in [3.05, 3.63) is 48.2 Å². The molecule has 1 N–H and O–H groups in total. The maximum atomic E-state index is 5.44. The van der Waals surface area contributed by atoms with Gasteiger partial charge in [0, 0.05) is 17.7 Å². The van der Waals surface area contributed by atoms with Gasteiger partial charge in [0.1, 0.15) is 11.6 Å². The summed E-state index contributed by atoms with van der Waals surface area (Å²) in [6, 6.07) is 12.0. The average molecular weight is 212 g/mol. The minimum absolute atomic E-state index is 0.849. The molecule has 0 atom stereocenters. The molecule has 0 amide bonds. The third-order valence-corrected chi connectivity index (χ3v) is 2.64. The lowest BCUT2D eigenvalue weighted by molar-refractivity contribution is 0.582. The van der Waals surface area contributed by atoms with Gasteiger partial charge in [0.05, 0.1) is 12.8 Å². The first kappa shape index (κ1) is 9.21. The molecule has 1 aromatic heterocycles. The topological polar surface area (TPSA) is 37.5 Å². The summed E-state index contributed by atoms with van der Waals surface area (Å²) in [5.41, 5.74) is 2.19. The van der Waals surface area contributed by atoms with Gasteiger partial charge in [-0.2, -0.15) is 0 Å². The van der Waals surface area contributed by atoms with Gasteiger partial charge in [-0.1, -0.05) is 24.3 Å². The summed E-state index contributed by atoms with van der Waals surface area (Å²) < 4.78 is 5.44. The van der Waals surface area contributed by atoms with Gasteiger partial charge >= 0.3 is 0 Å². The third-order valence-electron chi connectivity index (χ3n) is 2.64. The number of amidine groups is 1. The predicted molar refractivity (Wildman–Crippen MR) is 63.6 cm³/mol. The van der Waals surface area contributed by atoms with Gasteiger partial charge in [0.2, 0.25) is 0 Å². The predicted octanol–water partition coefficient (Wildman–Crippen LogP) is 2.30. The maximum Gasteiger partial charge on any atom is 0.134 e. The molecule has 3 nitrogen and oxygen atoms in total. The monoisotopic (exact) mass is 212 g/mol. The van der Waals surface area contributed by atoms with Gasteiger partial charge in [-0.3, -0.25) is 4.99 Å². The molecule has 1 aliphatic heterocycles. The fourth-order valence-electron chi connectivity index (χ4n) is 1.91. The van der Waals surface area contributed by atoms with Crippen molar-refractivity contribution in [3.63, 3.8) is 0 Å². The van der Waals surface area contributed by atoms with Crippen LogP contribution >= 0.6 is 0 Å². The summed E-state index contributed by atoms with van der Waals surface area (Å²) in [6.45, 7) is 1.77. The van der Waals surface area contributed by atoms with Crippen molar-refractivity contribution in [1.82, 2.24) is 5.32 Å². The molecule has 0 bridgehead atoms. The van der Waals surface area contributed by atoms with Gasteiger partial charge < -0.3 is 9.73 Å². The first-order valence-electron chi connectivity index (χ1n) is 5.37. The molecule has 2 aromatic rings. The quantitative estimate of drug-likeness (QED) is 0.829. The molecule has 0 aliphatic carbocycles. The second-order valence-corrected chi connectivity index (χ2v) is 3.68. The Morgan fingerprint density at radius 2 is 1.94 bits per heavy atom. The molecular weight excluding hydrogens is 200 g/mol. The Labute approximate surface area is 93.8 Å². The normalized spacial score (nSPS) is 14.6. The number of furan rings is 1. The third kappa shape index (κ3) is 1.50. The Morgan fingerprint density at radius 3 is 2.62 bits per heavy atom. The zero-order chi connectivity index (χ0) is 10.8. The molecule has 1 aliphatic rings. The van der Waals surface area contributed by atoms with Gasteiger partial charge in [-0.05, 0) is 12.1 Å². The highest BCUT2D eigenvalue weighted by Gasteiger charge is 2.14. The van der Waals surface area contributed by atoms with Crippen LogP contribution in [-0.2, 0) is 0 Å². The van der Waals surface area contributed by atoms with E-state index in [1.807, 2.05) is 24.3 Å². The van der Waals surface area contributed by atoms with E-state index in [4.69, 9.17) is 4.42 Å². The van der Waals surface area contributed by atoms with Crippen LogP contribution in [-0.4, -0.2) is 18.9 Å². The van der Waals surface area contributed by atoms with Crippen LogP contribution in [0, 0.1) is 0 Å². The molecule has 0 radical (unpaired) electrons. The van der Waals surface area contributed by atoms with E-state index >= 15 is 0 Å². The molecule has 0 unspecified atom stereocenters. The number of rotatable bonds is 2. The highest BCUT2D eigenvalue weighted by atomic mass is 16.3. The molecule has 2 heterocycles. The highest BCUT2D eigenvalue weighted by Crippen LogP contribution is 2.24. The van der Waals surface area contributed by atoms with Gasteiger partial charge in [-0.15, -0.1) is 0 Å². The number of nitrogens with zero attached hydrogens (tertiary/aromatic N) is 1. The summed E-state index contributed by atoms with van der Waals surface area (Å²) in [6.07, 6.45) is 1.69. The fourth-order valence-corrected chi connectivity index (χ4v) is 1.91. The molecular formula is C13H12N2O. The average Bonchev–Trinajstić information content (AvgIpc) is 3.03. The molecule has 80 valence electrons. The number of aliphatic imine (C=N–C) groups is 1. The molecule has 3 rings (SSSR count). The van der Waals surface area contributed by atoms with Crippen LogP contribution in [0.15, 0.2) is 52.1 Å². The van der Waals surface area contributed by atoms with E-state index in [1.54, 1.807) is 6.26 Å². The van der Waals surface area contributed by atoms with Gasteiger partial charge in [0.25, 0.3) is 0 Å². The van der Waals surface area contributed by atoms with E-state index in [0.717, 1.165) is 35.8 Å². The molecule has 3 heteroatoms. The lowest BCUT2D eigenvalue weighted by Gasteiger charge is -2.07. The summed E-state index contributed by atoms with van der Waals surface area (Å²) >= 11 is 0. The van der Waals surface area contributed by atoms with Crippen LogP contribution in [0.4, 0.5) is 0 Å². The van der Waals surface area contributed by atoms with Crippen LogP contribution in [0.5, 0.6) is 0 Å². The second-order valence-electron chi connectivity index (χ2n) is 3.68. The van der Waals surface area contributed by atoms with Crippen molar-refractivity contribution < 1.29 is 4.42 Å². The van der Waals surface area contributed by atoms with E-state index in [-0.39, 0.29) is 0 Å². The lowest BCUT2D eigenvalue weighted by Crippen LogP contribution is -2.20. The van der Waals surface area contributed by atoms with Crippen molar-refractivity contribution in [2.24, 2.45) is 4.99 Å². The molecule has 0 saturated heterocycles. The fraction of sp³-hybridized carbons (Fsp3) is 0.154. The van der Waals surface area contributed by atoms with Gasteiger partial charge in [0.15, 0.2) is 0 Å². The molecule has 0 saturated carbocycles. The Hall–Kier alpha value is -2.03. The first-order valence-corrected chi connectivity index (χ1v) is 5.37. The van der Waals surface area contributed by atoms with E-state index in [9.17, 15) is 0 Å². The smallest absolute Gasteiger partial charge is 0.134 e. The van der Waals surface area contributed by atoms with Crippen LogP contribution in [0.2, 0.25) is 0 Å². The van der Waals surface area contributed by atoms with Crippen molar-refractivity contribution >= 4 is 5.84 Å². The van der Waals surface area contributed by atoms with Crippen LogP contribution in [0.25, 0.3) is 11.3 Å². The van der Waals surface area contributed by atoms with E-state index < -0.39 is 0 Å². The first-order chi connectivity index (χ1) is 7.95.